The van der Waals surface area contributed by atoms with Crippen LogP contribution in [-0.2, 0) is 12.0 Å². The number of aliphatic hydroxyl groups is 1. The van der Waals surface area contributed by atoms with E-state index in [0.717, 1.165) is 34.4 Å². The third kappa shape index (κ3) is 4.27. The van der Waals surface area contributed by atoms with E-state index in [4.69, 9.17) is 0 Å². The second kappa shape index (κ2) is 8.49. The average Bonchev–Trinajstić information content (AvgIpc) is 2.79. The Morgan fingerprint density at radius 1 is 0.829 bits per heavy atom. The van der Waals surface area contributed by atoms with Crippen LogP contribution in [0.15, 0.2) is 77.6 Å². The van der Waals surface area contributed by atoms with Gasteiger partial charge in [-0.25, -0.2) is 9.37 Å². The van der Waals surface area contributed by atoms with Crippen LogP contribution in [0.2, 0.25) is 0 Å². The van der Waals surface area contributed by atoms with E-state index >= 15 is 0 Å². The molecule has 0 spiro atoms. The summed E-state index contributed by atoms with van der Waals surface area (Å²) in [5.41, 5.74) is -6.58. The van der Waals surface area contributed by atoms with Gasteiger partial charge < -0.3 is 5.11 Å². The largest absolute Gasteiger partial charge is 0.430 e. The molecule has 4 nitrogen and oxygen atoms in total. The fourth-order valence-corrected chi connectivity index (χ4v) is 3.71. The molecule has 4 rings (SSSR count). The van der Waals surface area contributed by atoms with Crippen LogP contribution in [0.5, 0.6) is 0 Å². The average molecular weight is 496 g/mol. The summed E-state index contributed by atoms with van der Waals surface area (Å²) in [5, 5.41) is 9.49. The molecule has 0 saturated carbocycles. The van der Waals surface area contributed by atoms with Crippen LogP contribution in [0, 0.1) is 5.82 Å². The number of halogens is 7. The summed E-state index contributed by atoms with van der Waals surface area (Å²) in [6.45, 7) is 0. The van der Waals surface area contributed by atoms with Crippen LogP contribution in [-0.4, -0.2) is 27.0 Å². The molecule has 0 unspecified atom stereocenters. The van der Waals surface area contributed by atoms with Gasteiger partial charge in [0, 0.05) is 12.0 Å². The Bertz CT molecular complexity index is 1410. The first-order valence-electron chi connectivity index (χ1n) is 10.0. The Morgan fingerprint density at radius 3 is 2.00 bits per heavy atom. The lowest BCUT2D eigenvalue weighted by molar-refractivity contribution is -0.376. The number of hydrogen-bond donors (Lipinski definition) is 1. The topological polar surface area (TPSA) is 55.1 Å². The monoisotopic (exact) mass is 496 g/mol. The Balaban J connectivity index is 1.91. The number of fused-ring (bicyclic) bond motifs is 1. The molecule has 182 valence electrons. The predicted molar refractivity (Wildman–Crippen MR) is 113 cm³/mol. The molecular formula is C24H15F7N2O2. The van der Waals surface area contributed by atoms with Crippen LogP contribution in [0.1, 0.15) is 17.0 Å². The minimum absolute atomic E-state index is 0.0835. The van der Waals surface area contributed by atoms with Crippen molar-refractivity contribution < 1.29 is 35.8 Å². The highest BCUT2D eigenvalue weighted by molar-refractivity contribution is 5.78. The zero-order valence-electron chi connectivity index (χ0n) is 17.5. The molecule has 0 aliphatic heterocycles. The summed E-state index contributed by atoms with van der Waals surface area (Å²) in [7, 11) is 0. The third-order valence-electron chi connectivity index (χ3n) is 5.47. The number of alkyl halides is 6. The van der Waals surface area contributed by atoms with Crippen LogP contribution >= 0.6 is 0 Å². The molecule has 1 aromatic heterocycles. The number of nitrogens with zero attached hydrogens (tertiary/aromatic N) is 2. The molecule has 4 aromatic rings. The maximum absolute atomic E-state index is 13.8. The van der Waals surface area contributed by atoms with Crippen molar-refractivity contribution in [2.24, 2.45) is 0 Å². The Kier molecular flexibility index (Phi) is 5.92. The minimum atomic E-state index is -6.05. The fraction of sp³-hybridized carbons (Fsp3) is 0.167. The summed E-state index contributed by atoms with van der Waals surface area (Å²) >= 11 is 0. The van der Waals surface area contributed by atoms with Crippen LogP contribution < -0.4 is 5.56 Å². The maximum Gasteiger partial charge on any atom is 0.430 e. The van der Waals surface area contributed by atoms with Crippen molar-refractivity contribution in [3.05, 3.63) is 106 Å². The smallest absolute Gasteiger partial charge is 0.369 e. The van der Waals surface area contributed by atoms with Gasteiger partial charge in [0.1, 0.15) is 11.6 Å². The molecule has 11 heteroatoms. The molecule has 0 radical (unpaired) electrons. The maximum atomic E-state index is 13.8. The SMILES string of the molecule is O=c1c2cc(F)ccc2nc(Cc2ccccc2)n1-c1ccc(C(O)(C(F)(F)F)C(F)(F)F)cc1. The van der Waals surface area contributed by atoms with Gasteiger partial charge in [-0.3, -0.25) is 9.36 Å². The zero-order chi connectivity index (χ0) is 25.6. The first-order valence-corrected chi connectivity index (χ1v) is 10.0. The molecule has 35 heavy (non-hydrogen) atoms. The standard InChI is InChI=1S/C24H15F7N2O2/c25-16-8-11-19-18(13-16)21(34)33(20(32-19)12-14-4-2-1-3-5-14)17-9-6-15(7-10-17)22(35,23(26,27)28)24(29,30)31/h1-11,13,35H,12H2. The second-order valence-electron chi connectivity index (χ2n) is 7.75. The van der Waals surface area contributed by atoms with Crippen molar-refractivity contribution >= 4 is 10.9 Å². The number of aromatic nitrogens is 2. The van der Waals surface area contributed by atoms with Gasteiger partial charge in [0.15, 0.2) is 0 Å². The van der Waals surface area contributed by atoms with Crippen LogP contribution in [0.4, 0.5) is 30.7 Å². The van der Waals surface area contributed by atoms with E-state index < -0.39 is 34.9 Å². The van der Waals surface area contributed by atoms with Gasteiger partial charge in [-0.05, 0) is 35.9 Å². The molecule has 0 aliphatic carbocycles. The lowest BCUT2D eigenvalue weighted by atomic mass is 9.92. The van der Waals surface area contributed by atoms with Crippen molar-refractivity contribution in [2.45, 2.75) is 24.4 Å². The van der Waals surface area contributed by atoms with Crippen LogP contribution in [0.3, 0.4) is 0 Å². The number of rotatable bonds is 4. The zero-order valence-corrected chi connectivity index (χ0v) is 17.5. The van der Waals surface area contributed by atoms with E-state index in [1.807, 2.05) is 0 Å². The first-order chi connectivity index (χ1) is 16.3. The van der Waals surface area contributed by atoms with E-state index in [9.17, 15) is 40.6 Å². The van der Waals surface area contributed by atoms with Crippen LogP contribution in [0.25, 0.3) is 16.6 Å². The molecule has 1 N–H and O–H groups in total. The lowest BCUT2D eigenvalue weighted by Gasteiger charge is -2.32. The van der Waals surface area contributed by atoms with E-state index in [1.165, 1.54) is 6.07 Å². The Hall–Kier alpha value is -3.73. The molecule has 0 fully saturated rings. The first kappa shape index (κ1) is 24.4. The van der Waals surface area contributed by atoms with Gasteiger partial charge in [0.2, 0.25) is 0 Å². The summed E-state index contributed by atoms with van der Waals surface area (Å²) in [6.07, 6.45) is -12.0. The summed E-state index contributed by atoms with van der Waals surface area (Å²) in [4.78, 5) is 17.6. The highest BCUT2D eigenvalue weighted by Gasteiger charge is 2.71. The van der Waals surface area contributed by atoms with Gasteiger partial charge in [0.05, 0.1) is 16.6 Å². The van der Waals surface area contributed by atoms with Gasteiger partial charge in [-0.1, -0.05) is 42.5 Å². The molecular weight excluding hydrogens is 481 g/mol. The number of benzene rings is 3. The third-order valence-corrected chi connectivity index (χ3v) is 5.47. The predicted octanol–water partition coefficient (Wildman–Crippen LogP) is 5.43. The fourth-order valence-electron chi connectivity index (χ4n) is 3.71. The second-order valence-corrected chi connectivity index (χ2v) is 7.75. The summed E-state index contributed by atoms with van der Waals surface area (Å²) in [5.74, 6) is -0.607. The Morgan fingerprint density at radius 2 is 1.43 bits per heavy atom. The van der Waals surface area contributed by atoms with Crippen molar-refractivity contribution in [3.8, 4) is 5.69 Å². The van der Waals surface area contributed by atoms with E-state index in [-0.39, 0.29) is 28.8 Å². The van der Waals surface area contributed by atoms with Crippen molar-refractivity contribution in [3.63, 3.8) is 0 Å². The van der Waals surface area contributed by atoms with Gasteiger partial charge in [-0.2, -0.15) is 26.3 Å². The normalized spacial score (nSPS) is 12.8. The van der Waals surface area contributed by atoms with Gasteiger partial charge in [0.25, 0.3) is 11.2 Å². The summed E-state index contributed by atoms with van der Waals surface area (Å²) in [6, 6.07) is 14.6. The molecule has 0 bridgehead atoms. The van der Waals surface area contributed by atoms with Gasteiger partial charge in [-0.15, -0.1) is 0 Å². The number of hydrogen-bond acceptors (Lipinski definition) is 3. The molecule has 0 amide bonds. The summed E-state index contributed by atoms with van der Waals surface area (Å²) < 4.78 is 94.1. The van der Waals surface area contributed by atoms with E-state index in [1.54, 1.807) is 30.3 Å². The Labute approximate surface area is 192 Å². The van der Waals surface area contributed by atoms with Crippen molar-refractivity contribution in [1.82, 2.24) is 9.55 Å². The molecule has 0 aliphatic rings. The van der Waals surface area contributed by atoms with E-state index in [2.05, 4.69) is 4.98 Å². The quantitative estimate of drug-likeness (QED) is 0.384. The molecule has 0 saturated heterocycles. The van der Waals surface area contributed by atoms with Crippen molar-refractivity contribution in [1.29, 1.82) is 0 Å². The van der Waals surface area contributed by atoms with E-state index in [0.29, 0.717) is 12.1 Å². The molecule has 0 atom stereocenters. The van der Waals surface area contributed by atoms with Crippen molar-refractivity contribution in [2.75, 3.05) is 0 Å². The van der Waals surface area contributed by atoms with Gasteiger partial charge >= 0.3 is 12.4 Å². The molecule has 1 heterocycles. The highest BCUT2D eigenvalue weighted by atomic mass is 19.4. The molecule has 3 aromatic carbocycles. The minimum Gasteiger partial charge on any atom is -0.369 e. The lowest BCUT2D eigenvalue weighted by Crippen LogP contribution is -2.53. The highest BCUT2D eigenvalue weighted by Crippen LogP contribution is 2.50.